The molecule has 0 spiro atoms. The van der Waals surface area contributed by atoms with Crippen LogP contribution in [0.5, 0.6) is 0 Å². The van der Waals surface area contributed by atoms with Crippen molar-refractivity contribution >= 4 is 11.8 Å². The fraction of sp³-hybridized carbons (Fsp3) is 0.882. The smallest absolute Gasteiger partial charge is 0.217 e. The Morgan fingerprint density at radius 2 is 1.38 bits per heavy atom. The molecular weight excluding hydrogens is 392 g/mol. The van der Waals surface area contributed by atoms with Gasteiger partial charge in [-0.25, -0.2) is 0 Å². The molecule has 12 nitrogen and oxygen atoms in total. The molecule has 0 aromatic carbocycles. The van der Waals surface area contributed by atoms with Gasteiger partial charge in [0.15, 0.2) is 6.29 Å². The molecule has 0 aromatic heterocycles. The van der Waals surface area contributed by atoms with Crippen molar-refractivity contribution in [2.45, 2.75) is 81.9 Å². The molecule has 2 aliphatic rings. The van der Waals surface area contributed by atoms with E-state index in [9.17, 15) is 35.1 Å². The van der Waals surface area contributed by atoms with Gasteiger partial charge >= 0.3 is 0 Å². The van der Waals surface area contributed by atoms with E-state index in [0.29, 0.717) is 0 Å². The molecule has 10 atom stereocenters. The number of hydrogen-bond acceptors (Lipinski definition) is 10. The molecule has 0 aliphatic carbocycles. The normalized spacial score (nSPS) is 42.9. The fourth-order valence-electron chi connectivity index (χ4n) is 3.53. The van der Waals surface area contributed by atoms with E-state index >= 15 is 0 Å². The minimum absolute atomic E-state index is 0.295. The zero-order valence-corrected chi connectivity index (χ0v) is 16.5. The number of carbonyl (C=O) groups excluding carboxylic acids is 2. The monoisotopic (exact) mass is 422 g/mol. The highest BCUT2D eigenvalue weighted by molar-refractivity contribution is 5.73. The van der Waals surface area contributed by atoms with E-state index < -0.39 is 73.6 Å². The maximum atomic E-state index is 11.4. The Morgan fingerprint density at radius 1 is 0.862 bits per heavy atom. The first-order valence-electron chi connectivity index (χ1n) is 9.36. The van der Waals surface area contributed by atoms with Crippen molar-refractivity contribution in [2.24, 2.45) is 0 Å². The number of ether oxygens (including phenoxy) is 3. The van der Waals surface area contributed by atoms with Crippen LogP contribution in [0.3, 0.4) is 0 Å². The van der Waals surface area contributed by atoms with E-state index in [1.165, 1.54) is 13.8 Å². The van der Waals surface area contributed by atoms with Crippen molar-refractivity contribution in [3.8, 4) is 0 Å². The molecule has 0 unspecified atom stereocenters. The van der Waals surface area contributed by atoms with Crippen molar-refractivity contribution in [2.75, 3.05) is 13.2 Å². The minimum atomic E-state index is -1.47. The maximum absolute atomic E-state index is 11.4. The number of nitrogens with one attached hydrogen (secondary N) is 2. The van der Waals surface area contributed by atoms with Gasteiger partial charge in [-0.1, -0.05) is 0 Å². The van der Waals surface area contributed by atoms with Crippen LogP contribution in [-0.2, 0) is 23.8 Å². The standard InChI is InChI=1S/C17H30N2O10/c1-6-11(18-7(2)21)15(25)14(24)10(28-6)5-27-17-12(19-8(3)22)16(26)13(23)9(4-20)29-17/h6,9-17,20,23-26H,4-5H2,1-3H3,(H,18,21)(H,19,22)/t6-,9-,10-,11+,12-,13+,14+,15-,16-,17+/m1/s1. The second kappa shape index (κ2) is 10.1. The number of carbonyl (C=O) groups is 2. The molecule has 29 heavy (non-hydrogen) atoms. The fourth-order valence-corrected chi connectivity index (χ4v) is 3.53. The van der Waals surface area contributed by atoms with Crippen molar-refractivity contribution in [3.05, 3.63) is 0 Å². The molecule has 2 amide bonds. The highest BCUT2D eigenvalue weighted by Gasteiger charge is 2.47. The molecule has 0 bridgehead atoms. The first kappa shape index (κ1) is 23.9. The van der Waals surface area contributed by atoms with Crippen molar-refractivity contribution in [3.63, 3.8) is 0 Å². The van der Waals surface area contributed by atoms with Crippen LogP contribution in [0.4, 0.5) is 0 Å². The summed E-state index contributed by atoms with van der Waals surface area (Å²) < 4.78 is 16.6. The van der Waals surface area contributed by atoms with E-state index in [1.54, 1.807) is 6.92 Å². The summed E-state index contributed by atoms with van der Waals surface area (Å²) in [4.78, 5) is 22.7. The van der Waals surface area contributed by atoms with Crippen molar-refractivity contribution in [1.29, 1.82) is 0 Å². The molecule has 2 rings (SSSR count). The third-order valence-corrected chi connectivity index (χ3v) is 5.04. The lowest BCUT2D eigenvalue weighted by Crippen LogP contribution is -2.66. The molecule has 0 radical (unpaired) electrons. The Hall–Kier alpha value is -1.38. The van der Waals surface area contributed by atoms with E-state index in [-0.39, 0.29) is 12.5 Å². The molecule has 2 aliphatic heterocycles. The van der Waals surface area contributed by atoms with Gasteiger partial charge in [0.05, 0.1) is 25.4 Å². The first-order chi connectivity index (χ1) is 13.6. The van der Waals surface area contributed by atoms with Gasteiger partial charge in [-0.05, 0) is 6.92 Å². The maximum Gasteiger partial charge on any atom is 0.217 e. The van der Waals surface area contributed by atoms with Gasteiger partial charge in [0, 0.05) is 13.8 Å². The van der Waals surface area contributed by atoms with Crippen LogP contribution in [0.25, 0.3) is 0 Å². The molecule has 2 saturated heterocycles. The quantitative estimate of drug-likeness (QED) is 0.222. The summed E-state index contributed by atoms with van der Waals surface area (Å²) in [5.41, 5.74) is 0. The third kappa shape index (κ3) is 5.61. The van der Waals surface area contributed by atoms with Gasteiger partial charge in [0.25, 0.3) is 0 Å². The SMILES string of the molecule is CC(=O)N[C@@H]1[C@@H](O)[C@@H](O)[C@@H](CO[C@H]2O[C@H](CO)[C@H](O)[C@H](O)[C@H]2NC(C)=O)O[C@@H]1C. The average Bonchev–Trinajstić information content (AvgIpc) is 2.65. The Labute approximate surface area is 167 Å². The molecule has 7 N–H and O–H groups in total. The first-order valence-corrected chi connectivity index (χ1v) is 9.36. The Morgan fingerprint density at radius 3 is 1.93 bits per heavy atom. The highest BCUT2D eigenvalue weighted by atomic mass is 16.7. The lowest BCUT2D eigenvalue weighted by atomic mass is 9.93. The zero-order chi connectivity index (χ0) is 21.9. The van der Waals surface area contributed by atoms with Crippen LogP contribution >= 0.6 is 0 Å². The largest absolute Gasteiger partial charge is 0.394 e. The van der Waals surface area contributed by atoms with Gasteiger partial charge in [-0.2, -0.15) is 0 Å². The van der Waals surface area contributed by atoms with E-state index in [1.807, 2.05) is 0 Å². The highest BCUT2D eigenvalue weighted by Crippen LogP contribution is 2.25. The van der Waals surface area contributed by atoms with Gasteiger partial charge in [-0.3, -0.25) is 9.59 Å². The second-order valence-electron chi connectivity index (χ2n) is 7.35. The van der Waals surface area contributed by atoms with Gasteiger partial charge < -0.3 is 50.4 Å². The molecule has 12 heteroatoms. The predicted octanol–water partition coefficient (Wildman–Crippen LogP) is -4.04. The summed E-state index contributed by atoms with van der Waals surface area (Å²) in [5, 5.41) is 55.1. The lowest BCUT2D eigenvalue weighted by molar-refractivity contribution is -0.284. The van der Waals surface area contributed by atoms with Crippen LogP contribution in [0, 0.1) is 0 Å². The zero-order valence-electron chi connectivity index (χ0n) is 16.5. The summed E-state index contributed by atoms with van der Waals surface area (Å²) in [7, 11) is 0. The van der Waals surface area contributed by atoms with Gasteiger partial charge in [0.1, 0.15) is 42.7 Å². The van der Waals surface area contributed by atoms with Crippen LogP contribution in [0.2, 0.25) is 0 Å². The number of amides is 2. The number of rotatable bonds is 6. The van der Waals surface area contributed by atoms with Crippen LogP contribution < -0.4 is 10.6 Å². The summed E-state index contributed by atoms with van der Waals surface area (Å²) in [6, 6.07) is -1.95. The number of aliphatic hydroxyl groups excluding tert-OH is 5. The molecule has 168 valence electrons. The van der Waals surface area contributed by atoms with Gasteiger partial charge in [0.2, 0.25) is 11.8 Å². The third-order valence-electron chi connectivity index (χ3n) is 5.04. The Balaban J connectivity index is 2.05. The van der Waals surface area contributed by atoms with E-state index in [4.69, 9.17) is 14.2 Å². The molecule has 2 heterocycles. The summed E-state index contributed by atoms with van der Waals surface area (Å²) in [6.07, 6.45) is -9.67. The van der Waals surface area contributed by atoms with Crippen molar-refractivity contribution < 1.29 is 49.3 Å². The van der Waals surface area contributed by atoms with Gasteiger partial charge in [-0.15, -0.1) is 0 Å². The van der Waals surface area contributed by atoms with Crippen LogP contribution in [0.15, 0.2) is 0 Å². The van der Waals surface area contributed by atoms with E-state index in [2.05, 4.69) is 10.6 Å². The predicted molar refractivity (Wildman–Crippen MR) is 95.3 cm³/mol. The topological polar surface area (TPSA) is 187 Å². The van der Waals surface area contributed by atoms with Crippen molar-refractivity contribution in [1.82, 2.24) is 10.6 Å². The average molecular weight is 422 g/mol. The lowest BCUT2D eigenvalue weighted by Gasteiger charge is -2.44. The minimum Gasteiger partial charge on any atom is -0.394 e. The molecular formula is C17H30N2O10. The molecule has 2 fully saturated rings. The summed E-state index contributed by atoms with van der Waals surface area (Å²) in [6.45, 7) is 3.21. The summed E-state index contributed by atoms with van der Waals surface area (Å²) in [5.74, 6) is -0.889. The Kier molecular flexibility index (Phi) is 8.31. The number of hydrogen-bond donors (Lipinski definition) is 7. The van der Waals surface area contributed by atoms with Crippen LogP contribution in [0.1, 0.15) is 20.8 Å². The summed E-state index contributed by atoms with van der Waals surface area (Å²) >= 11 is 0. The van der Waals surface area contributed by atoms with Crippen LogP contribution in [-0.4, -0.2) is 112 Å². The number of aliphatic hydroxyl groups is 5. The molecule has 0 saturated carbocycles. The Bertz CT molecular complexity index is 578. The van der Waals surface area contributed by atoms with E-state index in [0.717, 1.165) is 0 Å². The molecule has 0 aromatic rings. The second-order valence-corrected chi connectivity index (χ2v) is 7.35.